The number of halogens is 1. The normalized spacial score (nSPS) is 22.2. The van der Waals surface area contributed by atoms with Gasteiger partial charge < -0.3 is 25.4 Å². The van der Waals surface area contributed by atoms with Crippen molar-refractivity contribution in [2.24, 2.45) is 0 Å². The van der Waals surface area contributed by atoms with Crippen LogP contribution in [0, 0.1) is 0 Å². The Bertz CT molecular complexity index is 842. The van der Waals surface area contributed by atoms with Crippen LogP contribution in [0.25, 0.3) is 0 Å². The zero-order valence-corrected chi connectivity index (χ0v) is 19.6. The van der Waals surface area contributed by atoms with Crippen molar-refractivity contribution in [1.29, 1.82) is 0 Å². The second-order valence-corrected chi connectivity index (χ2v) is 8.67. The highest BCUT2D eigenvalue weighted by Gasteiger charge is 2.31. The van der Waals surface area contributed by atoms with E-state index in [1.54, 1.807) is 19.3 Å². The van der Waals surface area contributed by atoms with E-state index in [-0.39, 0.29) is 24.0 Å². The Labute approximate surface area is 194 Å². The van der Waals surface area contributed by atoms with Gasteiger partial charge in [0.05, 0.1) is 35.5 Å². The average molecular weight is 465 g/mol. The van der Waals surface area contributed by atoms with Crippen LogP contribution in [-0.2, 0) is 9.53 Å². The minimum atomic E-state index is -0.281. The van der Waals surface area contributed by atoms with Crippen LogP contribution < -0.4 is 15.8 Å². The number of hydrogen-bond donors (Lipinski definition) is 2. The topological polar surface area (TPSA) is 97.1 Å². The largest absolute Gasteiger partial charge is 0.496 e. The molecule has 176 valence electrons. The Hall–Kier alpha value is -2.29. The van der Waals surface area contributed by atoms with Crippen molar-refractivity contribution in [3.63, 3.8) is 0 Å². The molecule has 2 aliphatic rings. The molecule has 0 aromatic heterocycles. The summed E-state index contributed by atoms with van der Waals surface area (Å²) in [6, 6.07) is 2.92. The van der Waals surface area contributed by atoms with Crippen molar-refractivity contribution in [1.82, 2.24) is 15.1 Å². The lowest BCUT2D eigenvalue weighted by Crippen LogP contribution is -2.54. The molecular formula is C23H33ClN4O4. The van der Waals surface area contributed by atoms with E-state index in [0.717, 1.165) is 38.9 Å². The van der Waals surface area contributed by atoms with E-state index in [0.29, 0.717) is 35.1 Å². The summed E-state index contributed by atoms with van der Waals surface area (Å²) >= 11 is 6.10. The Morgan fingerprint density at radius 1 is 1.22 bits per heavy atom. The molecular weight excluding hydrogens is 432 g/mol. The van der Waals surface area contributed by atoms with Gasteiger partial charge in [0.15, 0.2) is 0 Å². The molecule has 2 heterocycles. The number of piperidine rings is 2. The molecule has 0 spiro atoms. The van der Waals surface area contributed by atoms with Gasteiger partial charge in [-0.3, -0.25) is 14.5 Å². The molecule has 2 aliphatic heterocycles. The molecule has 3 N–H and O–H groups in total. The van der Waals surface area contributed by atoms with Crippen molar-refractivity contribution in [2.45, 2.75) is 37.8 Å². The summed E-state index contributed by atoms with van der Waals surface area (Å²) in [6.45, 7) is 3.81. The average Bonchev–Trinajstić information content (AvgIpc) is 2.81. The minimum Gasteiger partial charge on any atom is -0.496 e. The van der Waals surface area contributed by atoms with Crippen LogP contribution in [0.5, 0.6) is 5.75 Å². The molecule has 0 bridgehead atoms. The number of nitrogens with one attached hydrogen (secondary N) is 1. The molecule has 3 rings (SSSR count). The maximum absolute atomic E-state index is 12.9. The number of carbonyl (C=O) groups is 2. The first-order chi connectivity index (χ1) is 15.4. The van der Waals surface area contributed by atoms with Crippen molar-refractivity contribution in [3.05, 3.63) is 34.9 Å². The van der Waals surface area contributed by atoms with Crippen LogP contribution in [0.15, 0.2) is 24.3 Å². The highest BCUT2D eigenvalue weighted by molar-refractivity contribution is 6.33. The second kappa shape index (κ2) is 11.5. The first-order valence-corrected chi connectivity index (χ1v) is 11.4. The lowest BCUT2D eigenvalue weighted by molar-refractivity contribution is -0.126. The third-order valence-electron chi connectivity index (χ3n) is 6.12. The zero-order valence-electron chi connectivity index (χ0n) is 18.8. The SMILES string of the molecule is COc1cc(N)c(Cl)cc1C(=O)N[C@@H]1CCN(CC=CC(=O)N2CCCCC2)C[C@@H]1OC. The number of methoxy groups -OCH3 is 2. The Balaban J connectivity index is 1.54. The molecule has 0 radical (unpaired) electrons. The van der Waals surface area contributed by atoms with Crippen molar-refractivity contribution >= 4 is 29.1 Å². The van der Waals surface area contributed by atoms with Crippen LogP contribution in [0.1, 0.15) is 36.0 Å². The number of rotatable bonds is 7. The number of nitrogen functional groups attached to an aromatic ring is 1. The van der Waals surface area contributed by atoms with Gasteiger partial charge in [0, 0.05) is 52.0 Å². The van der Waals surface area contributed by atoms with Crippen LogP contribution >= 0.6 is 11.6 Å². The second-order valence-electron chi connectivity index (χ2n) is 8.26. The molecule has 1 aromatic carbocycles. The monoisotopic (exact) mass is 464 g/mol. The molecule has 0 unspecified atom stereocenters. The number of anilines is 1. The third kappa shape index (κ3) is 6.15. The van der Waals surface area contributed by atoms with E-state index in [1.807, 2.05) is 11.0 Å². The smallest absolute Gasteiger partial charge is 0.255 e. The fourth-order valence-electron chi connectivity index (χ4n) is 4.23. The van der Waals surface area contributed by atoms with Crippen molar-refractivity contribution in [3.8, 4) is 5.75 Å². The number of ether oxygens (including phenoxy) is 2. The number of nitrogens with zero attached hydrogens (tertiary/aromatic N) is 2. The van der Waals surface area contributed by atoms with Crippen LogP contribution in [0.3, 0.4) is 0 Å². The van der Waals surface area contributed by atoms with Gasteiger partial charge in [-0.1, -0.05) is 17.7 Å². The van der Waals surface area contributed by atoms with E-state index >= 15 is 0 Å². The molecule has 2 atom stereocenters. The molecule has 2 amide bonds. The summed E-state index contributed by atoms with van der Waals surface area (Å²) in [4.78, 5) is 29.3. The number of benzene rings is 1. The molecule has 2 saturated heterocycles. The van der Waals surface area contributed by atoms with Crippen molar-refractivity contribution < 1.29 is 19.1 Å². The number of carbonyl (C=O) groups excluding carboxylic acids is 2. The van der Waals surface area contributed by atoms with Gasteiger partial charge in [0.2, 0.25) is 5.91 Å². The number of hydrogen-bond acceptors (Lipinski definition) is 6. The lowest BCUT2D eigenvalue weighted by Gasteiger charge is -2.37. The predicted molar refractivity (Wildman–Crippen MR) is 125 cm³/mol. The van der Waals surface area contributed by atoms with E-state index in [1.165, 1.54) is 19.6 Å². The molecule has 0 aliphatic carbocycles. The van der Waals surface area contributed by atoms with Gasteiger partial charge in [-0.2, -0.15) is 0 Å². The fraction of sp³-hybridized carbons (Fsp3) is 0.565. The summed E-state index contributed by atoms with van der Waals surface area (Å²) < 4.78 is 11.0. The highest BCUT2D eigenvalue weighted by atomic mass is 35.5. The fourth-order valence-corrected chi connectivity index (χ4v) is 4.40. The highest BCUT2D eigenvalue weighted by Crippen LogP contribution is 2.29. The molecule has 0 saturated carbocycles. The predicted octanol–water partition coefficient (Wildman–Crippen LogP) is 2.32. The third-order valence-corrected chi connectivity index (χ3v) is 6.45. The van der Waals surface area contributed by atoms with Crippen molar-refractivity contribution in [2.75, 3.05) is 52.7 Å². The lowest BCUT2D eigenvalue weighted by atomic mass is 10.0. The van der Waals surface area contributed by atoms with Gasteiger partial charge in [-0.15, -0.1) is 0 Å². The number of nitrogens with two attached hydrogens (primary N) is 1. The van der Waals surface area contributed by atoms with Gasteiger partial charge in [0.1, 0.15) is 5.75 Å². The molecule has 9 heteroatoms. The van der Waals surface area contributed by atoms with Gasteiger partial charge in [-0.05, 0) is 31.7 Å². The first-order valence-electron chi connectivity index (χ1n) is 11.1. The quantitative estimate of drug-likeness (QED) is 0.474. The van der Waals surface area contributed by atoms with Crippen LogP contribution in [0.2, 0.25) is 5.02 Å². The van der Waals surface area contributed by atoms with Gasteiger partial charge in [0.25, 0.3) is 5.91 Å². The summed E-state index contributed by atoms with van der Waals surface area (Å²) in [7, 11) is 3.13. The summed E-state index contributed by atoms with van der Waals surface area (Å²) in [6.07, 6.45) is 7.53. The van der Waals surface area contributed by atoms with Crippen LogP contribution in [0.4, 0.5) is 5.69 Å². The van der Waals surface area contributed by atoms with E-state index in [4.69, 9.17) is 26.8 Å². The van der Waals surface area contributed by atoms with E-state index < -0.39 is 0 Å². The van der Waals surface area contributed by atoms with Crippen LogP contribution in [-0.4, -0.2) is 80.7 Å². The minimum absolute atomic E-state index is 0.0891. The van der Waals surface area contributed by atoms with Gasteiger partial charge >= 0.3 is 0 Å². The Morgan fingerprint density at radius 3 is 2.66 bits per heavy atom. The molecule has 2 fully saturated rings. The molecule has 8 nitrogen and oxygen atoms in total. The zero-order chi connectivity index (χ0) is 23.1. The summed E-state index contributed by atoms with van der Waals surface area (Å²) in [5, 5.41) is 3.35. The number of likely N-dealkylation sites (tertiary alicyclic amines) is 2. The Morgan fingerprint density at radius 2 is 1.97 bits per heavy atom. The molecule has 32 heavy (non-hydrogen) atoms. The maximum atomic E-state index is 12.9. The van der Waals surface area contributed by atoms with Gasteiger partial charge in [-0.25, -0.2) is 0 Å². The summed E-state index contributed by atoms with van der Waals surface area (Å²) in [5.74, 6) is 0.182. The number of amides is 2. The summed E-state index contributed by atoms with van der Waals surface area (Å²) in [5.41, 5.74) is 6.50. The molecule has 1 aromatic rings. The maximum Gasteiger partial charge on any atom is 0.255 e. The standard InChI is InChI=1S/C23H33ClN4O4/c1-31-20-14-18(25)17(24)13-16(20)23(30)26-19-8-12-27(15-21(19)32-2)9-6-7-22(29)28-10-4-3-5-11-28/h6-7,13-14,19,21H,3-5,8-12,15,25H2,1-2H3,(H,26,30)/t19-,21+/m1/s1. The first kappa shape index (κ1) is 24.4. The van der Waals surface area contributed by atoms with E-state index in [2.05, 4.69) is 10.2 Å². The van der Waals surface area contributed by atoms with E-state index in [9.17, 15) is 9.59 Å². The Kier molecular flexibility index (Phi) is 8.78.